The maximum atomic E-state index is 12.0. The molecule has 0 radical (unpaired) electrons. The predicted molar refractivity (Wildman–Crippen MR) is 74.7 cm³/mol. The molecule has 1 aliphatic heterocycles. The lowest BCUT2D eigenvalue weighted by molar-refractivity contribution is -0.136. The molecule has 7 heteroatoms. The van der Waals surface area contributed by atoms with E-state index in [0.717, 1.165) is 4.88 Å². The molecule has 0 fully saturated rings. The number of nitriles is 1. The monoisotopic (exact) mass is 310 g/mol. The third-order valence-corrected chi connectivity index (χ3v) is 4.33. The average Bonchev–Trinajstić information content (AvgIpc) is 2.83. The van der Waals surface area contributed by atoms with Crippen molar-refractivity contribution in [2.45, 2.75) is 12.8 Å². The zero-order valence-corrected chi connectivity index (χ0v) is 12.3. The highest BCUT2D eigenvalue weighted by molar-refractivity contribution is 7.16. The number of thiophene rings is 1. The van der Waals surface area contributed by atoms with Crippen molar-refractivity contribution < 1.29 is 14.3 Å². The number of hydrogen-bond acceptors (Lipinski definition) is 6. The van der Waals surface area contributed by atoms with Crippen LogP contribution in [0.25, 0.3) is 0 Å². The maximum Gasteiger partial charge on any atom is 0.337 e. The number of allylic oxidation sites excluding steroid dienone is 1. The van der Waals surface area contributed by atoms with Crippen LogP contribution in [0.5, 0.6) is 0 Å². The van der Waals surface area contributed by atoms with E-state index < -0.39 is 17.8 Å². The van der Waals surface area contributed by atoms with Crippen molar-refractivity contribution in [3.05, 3.63) is 32.7 Å². The van der Waals surface area contributed by atoms with Crippen LogP contribution in [0.15, 0.2) is 23.5 Å². The molecule has 0 aliphatic carbocycles. The number of hydrogen-bond donors (Lipinski definition) is 1. The first-order chi connectivity index (χ1) is 9.49. The second-order valence-electron chi connectivity index (χ2n) is 4.15. The Labute approximate surface area is 124 Å². The Morgan fingerprint density at radius 1 is 1.60 bits per heavy atom. The van der Waals surface area contributed by atoms with Gasteiger partial charge in [0.1, 0.15) is 11.7 Å². The summed E-state index contributed by atoms with van der Waals surface area (Å²) in [5.41, 5.74) is 0.258. The van der Waals surface area contributed by atoms with Gasteiger partial charge in [-0.25, -0.2) is 4.79 Å². The molecule has 0 spiro atoms. The van der Waals surface area contributed by atoms with Gasteiger partial charge in [-0.1, -0.05) is 11.6 Å². The highest BCUT2D eigenvalue weighted by atomic mass is 35.5. The SMILES string of the molecule is COC(=O)C1=C(C)OC(=N)C(C#N)C1c1ccc(Cl)s1. The summed E-state index contributed by atoms with van der Waals surface area (Å²) in [6.45, 7) is 1.58. The van der Waals surface area contributed by atoms with Crippen molar-refractivity contribution in [3.8, 4) is 6.07 Å². The van der Waals surface area contributed by atoms with Gasteiger partial charge in [0, 0.05) is 4.88 Å². The third kappa shape index (κ3) is 2.42. The molecule has 1 aromatic heterocycles. The van der Waals surface area contributed by atoms with Gasteiger partial charge in [-0.05, 0) is 19.1 Å². The lowest BCUT2D eigenvalue weighted by Gasteiger charge is -2.29. The Morgan fingerprint density at radius 2 is 2.30 bits per heavy atom. The smallest absolute Gasteiger partial charge is 0.337 e. The predicted octanol–water partition coefficient (Wildman–Crippen LogP) is 3.08. The first kappa shape index (κ1) is 14.6. The first-order valence-electron chi connectivity index (χ1n) is 5.69. The number of esters is 1. The molecular weight excluding hydrogens is 300 g/mol. The fourth-order valence-electron chi connectivity index (χ4n) is 2.14. The van der Waals surface area contributed by atoms with Crippen LogP contribution in [0, 0.1) is 22.7 Å². The van der Waals surface area contributed by atoms with Gasteiger partial charge in [-0.2, -0.15) is 5.26 Å². The van der Waals surface area contributed by atoms with Crippen LogP contribution < -0.4 is 0 Å². The fourth-order valence-corrected chi connectivity index (χ4v) is 3.34. The number of rotatable bonds is 2. The van der Waals surface area contributed by atoms with Crippen LogP contribution in [0.2, 0.25) is 4.34 Å². The van der Waals surface area contributed by atoms with E-state index in [1.54, 1.807) is 19.1 Å². The normalized spacial score (nSPS) is 22.2. The van der Waals surface area contributed by atoms with E-state index in [2.05, 4.69) is 0 Å². The Kier molecular flexibility index (Phi) is 4.12. The summed E-state index contributed by atoms with van der Waals surface area (Å²) in [5.74, 6) is -1.92. The average molecular weight is 311 g/mol. The van der Waals surface area contributed by atoms with Gasteiger partial charge in [-0.15, -0.1) is 11.3 Å². The summed E-state index contributed by atoms with van der Waals surface area (Å²) >= 11 is 7.19. The Balaban J connectivity index is 2.60. The van der Waals surface area contributed by atoms with Gasteiger partial charge in [0.2, 0.25) is 5.90 Å². The number of nitrogens with one attached hydrogen (secondary N) is 1. The molecule has 5 nitrogen and oxygen atoms in total. The third-order valence-electron chi connectivity index (χ3n) is 3.01. The van der Waals surface area contributed by atoms with Gasteiger partial charge in [-0.3, -0.25) is 5.41 Å². The minimum atomic E-state index is -0.873. The number of nitrogens with zero attached hydrogens (tertiary/aromatic N) is 1. The molecule has 1 N–H and O–H groups in total. The zero-order chi connectivity index (χ0) is 14.9. The molecule has 0 aromatic carbocycles. The minimum absolute atomic E-state index is 0.174. The van der Waals surface area contributed by atoms with Crippen LogP contribution in [0.1, 0.15) is 17.7 Å². The van der Waals surface area contributed by atoms with Gasteiger partial charge in [0.25, 0.3) is 0 Å². The Hall–Kier alpha value is -1.84. The highest BCUT2D eigenvalue weighted by Gasteiger charge is 2.41. The van der Waals surface area contributed by atoms with Gasteiger partial charge in [0.15, 0.2) is 0 Å². The van der Waals surface area contributed by atoms with E-state index in [-0.39, 0.29) is 17.2 Å². The molecule has 20 heavy (non-hydrogen) atoms. The zero-order valence-electron chi connectivity index (χ0n) is 10.8. The molecule has 2 heterocycles. The van der Waals surface area contributed by atoms with Crippen molar-refractivity contribution in [2.75, 3.05) is 7.11 Å². The Bertz CT molecular complexity index is 644. The molecule has 0 bridgehead atoms. The summed E-state index contributed by atoms with van der Waals surface area (Å²) in [4.78, 5) is 12.7. The van der Waals surface area contributed by atoms with Crippen molar-refractivity contribution in [1.29, 1.82) is 10.7 Å². The van der Waals surface area contributed by atoms with E-state index in [9.17, 15) is 10.1 Å². The largest absolute Gasteiger partial charge is 0.466 e. The van der Waals surface area contributed by atoms with Crippen molar-refractivity contribution in [2.24, 2.45) is 5.92 Å². The van der Waals surface area contributed by atoms with Gasteiger partial charge >= 0.3 is 5.97 Å². The van der Waals surface area contributed by atoms with Crippen LogP contribution in [-0.4, -0.2) is 19.0 Å². The maximum absolute atomic E-state index is 12.0. The molecule has 1 aliphatic rings. The molecule has 104 valence electrons. The summed E-state index contributed by atoms with van der Waals surface area (Å²) in [5, 5.41) is 17.1. The summed E-state index contributed by atoms with van der Waals surface area (Å²) < 4.78 is 10.5. The molecule has 0 amide bonds. The second-order valence-corrected chi connectivity index (χ2v) is 5.90. The van der Waals surface area contributed by atoms with E-state index >= 15 is 0 Å². The number of carbonyl (C=O) groups is 1. The number of halogens is 1. The Morgan fingerprint density at radius 3 is 2.80 bits per heavy atom. The standard InChI is InChI=1S/C13H11ClN2O3S/c1-6-10(13(17)18-2)11(7(5-15)12(16)19-6)8-3-4-9(14)20-8/h3-4,7,11,16H,1-2H3. The molecule has 0 saturated carbocycles. The lowest BCUT2D eigenvalue weighted by atomic mass is 9.82. The van der Waals surface area contributed by atoms with Crippen LogP contribution in [0.4, 0.5) is 0 Å². The van der Waals surface area contributed by atoms with Crippen LogP contribution >= 0.6 is 22.9 Å². The quantitative estimate of drug-likeness (QED) is 0.851. The summed E-state index contributed by atoms with van der Waals surface area (Å²) in [7, 11) is 1.27. The van der Waals surface area contributed by atoms with Crippen LogP contribution in [0.3, 0.4) is 0 Å². The number of carbonyl (C=O) groups excluding carboxylic acids is 1. The molecule has 2 unspecified atom stereocenters. The first-order valence-corrected chi connectivity index (χ1v) is 6.89. The van der Waals surface area contributed by atoms with Gasteiger partial charge in [0.05, 0.1) is 29.0 Å². The highest BCUT2D eigenvalue weighted by Crippen LogP contribution is 2.42. The van der Waals surface area contributed by atoms with Crippen molar-refractivity contribution in [1.82, 2.24) is 0 Å². The van der Waals surface area contributed by atoms with Crippen molar-refractivity contribution >= 4 is 34.8 Å². The van der Waals surface area contributed by atoms with E-state index in [0.29, 0.717) is 4.34 Å². The fraction of sp³-hybridized carbons (Fsp3) is 0.308. The molecule has 0 saturated heterocycles. The van der Waals surface area contributed by atoms with E-state index in [1.807, 2.05) is 6.07 Å². The van der Waals surface area contributed by atoms with Crippen LogP contribution in [-0.2, 0) is 14.3 Å². The molecule has 1 aromatic rings. The molecule has 2 rings (SSSR count). The summed E-state index contributed by atoms with van der Waals surface area (Å²) in [6.07, 6.45) is 0. The number of ether oxygens (including phenoxy) is 2. The summed E-state index contributed by atoms with van der Waals surface area (Å²) in [6, 6.07) is 5.45. The topological polar surface area (TPSA) is 83.2 Å². The van der Waals surface area contributed by atoms with Crippen molar-refractivity contribution in [3.63, 3.8) is 0 Å². The lowest BCUT2D eigenvalue weighted by Crippen LogP contribution is -2.32. The molecular formula is C13H11ClN2O3S. The second kappa shape index (κ2) is 5.65. The van der Waals surface area contributed by atoms with Gasteiger partial charge < -0.3 is 9.47 Å². The number of methoxy groups -OCH3 is 1. The molecule has 2 atom stereocenters. The van der Waals surface area contributed by atoms with E-state index in [1.165, 1.54) is 18.4 Å². The minimum Gasteiger partial charge on any atom is -0.466 e. The van der Waals surface area contributed by atoms with E-state index in [4.69, 9.17) is 26.5 Å².